The Bertz CT molecular complexity index is 1190. The summed E-state index contributed by atoms with van der Waals surface area (Å²) in [5.41, 5.74) is 1.93. The van der Waals surface area contributed by atoms with E-state index < -0.39 is 16.6 Å². The van der Waals surface area contributed by atoms with Crippen LogP contribution >= 0.6 is 0 Å². The SMILES string of the molecule is CC(C)[Si](O[C@H]1CC[C@H](C)[C@H]2[C@H](CO[Si](c3ccccc3)(c3ccccc3)C(C)(C)C)[C@H](CO)[C@]3(C)C[C@@H]3[C@H]21)(C(C)C)C(C)C. The van der Waals surface area contributed by atoms with Gasteiger partial charge in [-0.1, -0.05) is 137 Å². The first kappa shape index (κ1) is 35.1. The first-order valence-corrected chi connectivity index (χ1v) is 22.2. The molecule has 0 unspecified atom stereocenters. The van der Waals surface area contributed by atoms with Crippen molar-refractivity contribution in [2.75, 3.05) is 13.2 Å². The Labute approximate surface area is 278 Å². The molecule has 3 fully saturated rings. The summed E-state index contributed by atoms with van der Waals surface area (Å²) in [7, 11) is -4.72. The highest BCUT2D eigenvalue weighted by Gasteiger charge is 2.69. The van der Waals surface area contributed by atoms with Gasteiger partial charge < -0.3 is 14.0 Å². The Balaban J connectivity index is 1.57. The first-order chi connectivity index (χ1) is 21.2. The quantitative estimate of drug-likeness (QED) is 0.247. The van der Waals surface area contributed by atoms with Gasteiger partial charge in [0.25, 0.3) is 8.32 Å². The largest absolute Gasteiger partial charge is 0.413 e. The lowest BCUT2D eigenvalue weighted by Gasteiger charge is -2.56. The number of hydrogen-bond acceptors (Lipinski definition) is 3. The summed E-state index contributed by atoms with van der Waals surface area (Å²) in [4.78, 5) is 0. The van der Waals surface area contributed by atoms with Gasteiger partial charge in [0.1, 0.15) is 0 Å². The monoisotopic (exact) mass is 648 g/mol. The van der Waals surface area contributed by atoms with E-state index in [0.717, 1.165) is 0 Å². The van der Waals surface area contributed by atoms with E-state index in [1.54, 1.807) is 0 Å². The zero-order chi connectivity index (χ0) is 32.9. The molecule has 1 N–H and O–H groups in total. The van der Waals surface area contributed by atoms with Gasteiger partial charge in [-0.3, -0.25) is 0 Å². The van der Waals surface area contributed by atoms with E-state index in [1.165, 1.54) is 29.6 Å². The van der Waals surface area contributed by atoms with Gasteiger partial charge in [0.05, 0.1) is 0 Å². The summed E-state index contributed by atoms with van der Waals surface area (Å²) in [6.45, 7) is 27.7. The molecule has 2 aromatic rings. The minimum absolute atomic E-state index is 0.0642. The Morgan fingerprint density at radius 1 is 0.822 bits per heavy atom. The van der Waals surface area contributed by atoms with Crippen molar-refractivity contribution in [3.8, 4) is 0 Å². The van der Waals surface area contributed by atoms with Gasteiger partial charge >= 0.3 is 0 Å². The highest BCUT2D eigenvalue weighted by atomic mass is 28.4. The van der Waals surface area contributed by atoms with Crippen LogP contribution in [-0.4, -0.2) is 41.1 Å². The molecule has 0 aliphatic heterocycles. The molecule has 0 spiro atoms. The van der Waals surface area contributed by atoms with Crippen molar-refractivity contribution < 1.29 is 14.0 Å². The van der Waals surface area contributed by atoms with E-state index in [9.17, 15) is 5.11 Å². The number of rotatable bonds is 11. The summed E-state index contributed by atoms with van der Waals surface area (Å²) in [6, 6.07) is 22.2. The molecule has 0 radical (unpaired) electrons. The molecule has 2 aromatic carbocycles. The Morgan fingerprint density at radius 3 is 1.78 bits per heavy atom. The molecule has 0 amide bonds. The summed E-state index contributed by atoms with van der Waals surface area (Å²) < 4.78 is 15.4. The molecule has 3 saturated carbocycles. The average Bonchev–Trinajstić information content (AvgIpc) is 3.68. The molecular weight excluding hydrogens is 585 g/mol. The minimum Gasteiger partial charge on any atom is -0.413 e. The summed E-state index contributed by atoms with van der Waals surface area (Å²) in [5, 5.41) is 13.7. The standard InChI is InChI=1S/C40H64O3Si2/c1-27(2)44(28(3)4,29(5)6)43-36-23-22-30(7)37-33(35(25-41)40(11)24-34(40)38(36)37)26-42-45(39(8,9)10,31-18-14-12-15-19-31)32-20-16-13-17-21-32/h12-21,27-30,33-38,41H,22-26H2,1-11H3/t30-,33+,34+,35-,36-,37-,38-,40+/m0/s1. The number of aliphatic hydroxyl groups excluding tert-OH is 1. The highest BCUT2D eigenvalue weighted by molar-refractivity contribution is 6.99. The zero-order valence-corrected chi connectivity index (χ0v) is 32.3. The molecule has 5 rings (SSSR count). The van der Waals surface area contributed by atoms with Gasteiger partial charge in [0, 0.05) is 19.3 Å². The zero-order valence-electron chi connectivity index (χ0n) is 30.3. The number of fused-ring (bicyclic) bond motifs is 3. The van der Waals surface area contributed by atoms with E-state index >= 15 is 0 Å². The third-order valence-corrected chi connectivity index (χ3v) is 24.4. The van der Waals surface area contributed by atoms with Crippen LogP contribution in [0.4, 0.5) is 0 Å². The van der Waals surface area contributed by atoms with Gasteiger partial charge in [-0.2, -0.15) is 0 Å². The predicted molar refractivity (Wildman–Crippen MR) is 195 cm³/mol. The van der Waals surface area contributed by atoms with Gasteiger partial charge in [-0.25, -0.2) is 0 Å². The summed E-state index contributed by atoms with van der Waals surface area (Å²) in [5.74, 6) is 2.91. The molecule has 0 aromatic heterocycles. The average molecular weight is 649 g/mol. The molecule has 250 valence electrons. The van der Waals surface area contributed by atoms with Crippen LogP contribution in [0.2, 0.25) is 21.7 Å². The van der Waals surface area contributed by atoms with Gasteiger partial charge in [-0.05, 0) is 92.2 Å². The van der Waals surface area contributed by atoms with Crippen LogP contribution in [0.15, 0.2) is 60.7 Å². The van der Waals surface area contributed by atoms with Crippen LogP contribution < -0.4 is 10.4 Å². The lowest BCUT2D eigenvalue weighted by Crippen LogP contribution is -2.67. The van der Waals surface area contributed by atoms with Crippen molar-refractivity contribution in [3.63, 3.8) is 0 Å². The fraction of sp³-hybridized carbons (Fsp3) is 0.700. The maximum absolute atomic E-state index is 11.1. The second-order valence-corrected chi connectivity index (χ2v) is 27.1. The van der Waals surface area contributed by atoms with Crippen LogP contribution in [0, 0.1) is 40.9 Å². The van der Waals surface area contributed by atoms with Crippen LogP contribution in [0.3, 0.4) is 0 Å². The molecular formula is C40H64O3Si2. The van der Waals surface area contributed by atoms with E-state index in [1.807, 2.05) is 0 Å². The van der Waals surface area contributed by atoms with Gasteiger partial charge in [-0.15, -0.1) is 0 Å². The van der Waals surface area contributed by atoms with Crippen molar-refractivity contribution in [1.82, 2.24) is 0 Å². The minimum atomic E-state index is -2.69. The van der Waals surface area contributed by atoms with E-state index in [0.29, 0.717) is 58.9 Å². The molecule has 3 aliphatic rings. The topological polar surface area (TPSA) is 38.7 Å². The van der Waals surface area contributed by atoms with Crippen LogP contribution in [0.1, 0.15) is 95.4 Å². The third kappa shape index (κ3) is 5.79. The second kappa shape index (κ2) is 13.0. The Kier molecular flexibility index (Phi) is 10.1. The Hall–Kier alpha value is -1.25. The number of hydrogen-bond donors (Lipinski definition) is 1. The summed E-state index contributed by atoms with van der Waals surface area (Å²) >= 11 is 0. The molecule has 3 aliphatic carbocycles. The third-order valence-electron chi connectivity index (χ3n) is 13.3. The van der Waals surface area contributed by atoms with Crippen LogP contribution in [-0.2, 0) is 8.85 Å². The predicted octanol–water partition coefficient (Wildman–Crippen LogP) is 9.05. The maximum atomic E-state index is 11.1. The smallest absolute Gasteiger partial charge is 0.261 e. The first-order valence-electron chi connectivity index (χ1n) is 18.2. The lowest BCUT2D eigenvalue weighted by atomic mass is 9.55. The normalized spacial score (nSPS) is 32.1. The maximum Gasteiger partial charge on any atom is 0.261 e. The van der Waals surface area contributed by atoms with E-state index in [-0.39, 0.29) is 23.0 Å². The van der Waals surface area contributed by atoms with Crippen molar-refractivity contribution in [2.24, 2.45) is 40.9 Å². The molecule has 8 atom stereocenters. The molecule has 0 saturated heterocycles. The molecule has 0 heterocycles. The van der Waals surface area contributed by atoms with Crippen molar-refractivity contribution in [1.29, 1.82) is 0 Å². The van der Waals surface area contributed by atoms with Crippen molar-refractivity contribution >= 4 is 27.0 Å². The molecule has 0 bridgehead atoms. The van der Waals surface area contributed by atoms with Gasteiger partial charge in [0.15, 0.2) is 0 Å². The lowest BCUT2D eigenvalue weighted by molar-refractivity contribution is -0.102. The fourth-order valence-electron chi connectivity index (χ4n) is 11.2. The highest BCUT2D eigenvalue weighted by Crippen LogP contribution is 2.72. The fourth-order valence-corrected chi connectivity index (χ4v) is 21.4. The van der Waals surface area contributed by atoms with Crippen LogP contribution in [0.5, 0.6) is 0 Å². The van der Waals surface area contributed by atoms with Crippen molar-refractivity contribution in [2.45, 2.75) is 123 Å². The molecule has 5 heteroatoms. The van der Waals surface area contributed by atoms with Crippen LogP contribution in [0.25, 0.3) is 0 Å². The van der Waals surface area contributed by atoms with E-state index in [4.69, 9.17) is 8.85 Å². The molecule has 3 nitrogen and oxygen atoms in total. The second-order valence-electron chi connectivity index (χ2n) is 17.4. The van der Waals surface area contributed by atoms with Gasteiger partial charge in [0.2, 0.25) is 8.32 Å². The van der Waals surface area contributed by atoms with E-state index in [2.05, 4.69) is 137 Å². The molecule has 45 heavy (non-hydrogen) atoms. The summed E-state index contributed by atoms with van der Waals surface area (Å²) in [6.07, 6.45) is 3.94. The number of benzene rings is 2. The Morgan fingerprint density at radius 2 is 1.33 bits per heavy atom. The number of aliphatic hydroxyl groups is 1. The van der Waals surface area contributed by atoms with Crippen molar-refractivity contribution in [3.05, 3.63) is 60.7 Å².